The first-order chi connectivity index (χ1) is 15.8. The van der Waals surface area contributed by atoms with Crippen LogP contribution in [-0.2, 0) is 0 Å². The zero-order chi connectivity index (χ0) is 24.7. The fourth-order valence-electron chi connectivity index (χ4n) is 3.76. The number of hydrogen-bond donors (Lipinski definition) is 0. The van der Waals surface area contributed by atoms with Crippen molar-refractivity contribution in [2.75, 3.05) is 11.5 Å². The predicted molar refractivity (Wildman–Crippen MR) is 139 cm³/mol. The predicted octanol–water partition coefficient (Wildman–Crippen LogP) is 11.1. The molecule has 0 aromatic rings. The van der Waals surface area contributed by atoms with Crippen LogP contribution in [0.3, 0.4) is 0 Å². The van der Waals surface area contributed by atoms with Gasteiger partial charge in [-0.1, -0.05) is 155 Å². The molecule has 0 spiro atoms. The highest BCUT2D eigenvalue weighted by atomic mass is 32.2. The molecule has 0 aliphatic carbocycles. The summed E-state index contributed by atoms with van der Waals surface area (Å²) < 4.78 is 33.0. The van der Waals surface area contributed by atoms with Crippen LogP contribution < -0.4 is 0 Å². The molecular formula is C28H58S. The van der Waals surface area contributed by atoms with Crippen LogP contribution in [0, 0.1) is 0 Å². The summed E-state index contributed by atoms with van der Waals surface area (Å²) in [7, 11) is 0. The van der Waals surface area contributed by atoms with Crippen molar-refractivity contribution in [1.82, 2.24) is 0 Å². The molecule has 0 saturated heterocycles. The van der Waals surface area contributed by atoms with E-state index in [1.54, 1.807) is 11.8 Å². The van der Waals surface area contributed by atoms with E-state index >= 15 is 0 Å². The Balaban J connectivity index is 3.57. The summed E-state index contributed by atoms with van der Waals surface area (Å²) >= 11 is 1.74. The summed E-state index contributed by atoms with van der Waals surface area (Å²) in [5.74, 6) is 1.64. The number of unbranched alkanes of at least 4 members (excludes halogenated alkanes) is 16. The maximum atomic E-state index is 8.25. The fraction of sp³-hybridized carbons (Fsp3) is 1.00. The van der Waals surface area contributed by atoms with Gasteiger partial charge in [0.25, 0.3) is 0 Å². The SMILES string of the molecule is [2H]C([2H])(CCCCCCCCCCC)CCSCCC([2H])([2H])CCCCCCCCCCC. The molecule has 29 heavy (non-hydrogen) atoms. The lowest BCUT2D eigenvalue weighted by atomic mass is 10.1. The second kappa shape index (κ2) is 28.4. The Hall–Kier alpha value is 0.350. The van der Waals surface area contributed by atoms with E-state index in [0.29, 0.717) is 25.7 Å². The summed E-state index contributed by atoms with van der Waals surface area (Å²) in [6.07, 6.45) is 23.5. The summed E-state index contributed by atoms with van der Waals surface area (Å²) in [6.45, 7) is 4.51. The van der Waals surface area contributed by atoms with Crippen molar-refractivity contribution in [3.63, 3.8) is 0 Å². The van der Waals surface area contributed by atoms with Gasteiger partial charge in [-0.25, -0.2) is 0 Å². The first kappa shape index (κ1) is 22.5. The van der Waals surface area contributed by atoms with Crippen LogP contribution in [0.5, 0.6) is 0 Å². The van der Waals surface area contributed by atoms with Crippen molar-refractivity contribution < 1.29 is 5.48 Å². The topological polar surface area (TPSA) is 0 Å². The Bertz CT molecular complexity index is 365. The van der Waals surface area contributed by atoms with Crippen LogP contribution in [-0.4, -0.2) is 11.5 Å². The van der Waals surface area contributed by atoms with Crippen LogP contribution in [0.1, 0.15) is 173 Å². The first-order valence-corrected chi connectivity index (χ1v) is 14.6. The van der Waals surface area contributed by atoms with E-state index < -0.39 is 12.7 Å². The Morgan fingerprint density at radius 1 is 0.379 bits per heavy atom. The Labute approximate surface area is 196 Å². The van der Waals surface area contributed by atoms with Crippen LogP contribution >= 0.6 is 11.8 Å². The molecule has 176 valence electrons. The van der Waals surface area contributed by atoms with Crippen LogP contribution in [0.2, 0.25) is 0 Å². The van der Waals surface area contributed by atoms with Gasteiger partial charge < -0.3 is 0 Å². The molecule has 0 rings (SSSR count). The molecule has 0 fully saturated rings. The van der Waals surface area contributed by atoms with Gasteiger partial charge in [0.15, 0.2) is 0 Å². The van der Waals surface area contributed by atoms with Crippen molar-refractivity contribution >= 4 is 11.8 Å². The standard InChI is InChI=1S/C28H58S/c1-3-5-7-9-11-13-15-17-19-21-23-25-27-29-28-26-24-22-20-18-16-14-12-10-8-6-4-2/h3-28H2,1-2H3/i23D2,24D2. The minimum atomic E-state index is -1.05. The molecule has 0 bridgehead atoms. The molecule has 0 radical (unpaired) electrons. The maximum Gasteiger partial charge on any atom is 0.0267 e. The number of thioether (sulfide) groups is 1. The third-order valence-corrected chi connectivity index (χ3v) is 6.75. The lowest BCUT2D eigenvalue weighted by molar-refractivity contribution is 0.547. The maximum absolute atomic E-state index is 8.25. The van der Waals surface area contributed by atoms with Gasteiger partial charge in [0, 0.05) is 5.48 Å². The van der Waals surface area contributed by atoms with Crippen molar-refractivity contribution in [1.29, 1.82) is 0 Å². The van der Waals surface area contributed by atoms with Gasteiger partial charge in [0.05, 0.1) is 0 Å². The molecule has 0 amide bonds. The molecule has 0 unspecified atom stereocenters. The van der Waals surface area contributed by atoms with E-state index in [2.05, 4.69) is 13.8 Å². The zero-order valence-electron chi connectivity index (χ0n) is 24.4. The molecule has 0 aliphatic heterocycles. The summed E-state index contributed by atoms with van der Waals surface area (Å²) in [5, 5.41) is 0. The highest BCUT2D eigenvalue weighted by Crippen LogP contribution is 2.15. The van der Waals surface area contributed by atoms with E-state index in [9.17, 15) is 0 Å². The van der Waals surface area contributed by atoms with Crippen molar-refractivity contribution in [3.8, 4) is 0 Å². The molecular weight excluding hydrogens is 368 g/mol. The zero-order valence-corrected chi connectivity index (χ0v) is 21.2. The molecule has 0 nitrogen and oxygen atoms in total. The van der Waals surface area contributed by atoms with Crippen LogP contribution in [0.25, 0.3) is 0 Å². The normalized spacial score (nSPS) is 14.4. The lowest BCUT2D eigenvalue weighted by Gasteiger charge is -2.04. The second-order valence-electron chi connectivity index (χ2n) is 8.77. The molecule has 0 aromatic heterocycles. The van der Waals surface area contributed by atoms with Crippen molar-refractivity contribution in [2.45, 2.75) is 168 Å². The second-order valence-corrected chi connectivity index (χ2v) is 9.99. The van der Waals surface area contributed by atoms with Crippen LogP contribution in [0.15, 0.2) is 0 Å². The van der Waals surface area contributed by atoms with Gasteiger partial charge in [0.2, 0.25) is 0 Å². The fourth-order valence-corrected chi connectivity index (χ4v) is 4.54. The number of rotatable bonds is 26. The Kier molecular flexibility index (Phi) is 22.0. The van der Waals surface area contributed by atoms with Gasteiger partial charge in [0.1, 0.15) is 0 Å². The lowest BCUT2D eigenvalue weighted by Crippen LogP contribution is -1.87. The van der Waals surface area contributed by atoms with E-state index in [1.165, 1.54) is 103 Å². The van der Waals surface area contributed by atoms with Gasteiger partial charge in [-0.2, -0.15) is 11.8 Å². The third-order valence-electron chi connectivity index (χ3n) is 5.76. The van der Waals surface area contributed by atoms with E-state index in [4.69, 9.17) is 5.48 Å². The summed E-state index contributed by atoms with van der Waals surface area (Å²) in [4.78, 5) is 0. The smallest absolute Gasteiger partial charge is 0.0267 e. The molecule has 0 heterocycles. The highest BCUT2D eigenvalue weighted by molar-refractivity contribution is 7.99. The monoisotopic (exact) mass is 430 g/mol. The molecule has 0 saturated carbocycles. The highest BCUT2D eigenvalue weighted by Gasteiger charge is 1.96. The van der Waals surface area contributed by atoms with E-state index in [1.807, 2.05) is 0 Å². The van der Waals surface area contributed by atoms with E-state index in [0.717, 1.165) is 24.3 Å². The molecule has 0 aliphatic rings. The molecule has 0 atom stereocenters. The summed E-state index contributed by atoms with van der Waals surface area (Å²) in [5.41, 5.74) is 0. The Morgan fingerprint density at radius 3 is 0.966 bits per heavy atom. The molecule has 0 N–H and O–H groups in total. The van der Waals surface area contributed by atoms with Gasteiger partial charge in [-0.15, -0.1) is 0 Å². The summed E-state index contributed by atoms with van der Waals surface area (Å²) in [6, 6.07) is 0. The molecule has 1 heteroatoms. The number of hydrogen-bond acceptors (Lipinski definition) is 1. The Morgan fingerprint density at radius 2 is 0.655 bits per heavy atom. The quantitative estimate of drug-likeness (QED) is 0.123. The third kappa shape index (κ3) is 28.4. The van der Waals surface area contributed by atoms with Gasteiger partial charge in [-0.05, 0) is 24.3 Å². The van der Waals surface area contributed by atoms with Crippen LogP contribution in [0.4, 0.5) is 0 Å². The minimum absolute atomic E-state index is 0.607. The minimum Gasteiger partial charge on any atom is -0.162 e. The average Bonchev–Trinajstić information content (AvgIpc) is 2.76. The average molecular weight is 431 g/mol. The van der Waals surface area contributed by atoms with Gasteiger partial charge >= 0.3 is 0 Å². The molecule has 0 aromatic carbocycles. The van der Waals surface area contributed by atoms with E-state index in [-0.39, 0.29) is 0 Å². The largest absolute Gasteiger partial charge is 0.162 e. The first-order valence-electron chi connectivity index (χ1n) is 15.4. The van der Waals surface area contributed by atoms with Gasteiger partial charge in [-0.3, -0.25) is 0 Å². The van der Waals surface area contributed by atoms with Crippen molar-refractivity contribution in [2.24, 2.45) is 0 Å². The van der Waals surface area contributed by atoms with Crippen molar-refractivity contribution in [3.05, 3.63) is 0 Å².